The molecular weight excluding hydrogens is 415 g/mol. The van der Waals surface area contributed by atoms with E-state index in [9.17, 15) is 14.4 Å². The highest BCUT2D eigenvalue weighted by atomic mass is 35.5. The van der Waals surface area contributed by atoms with Crippen molar-refractivity contribution in [2.45, 2.75) is 19.8 Å². The van der Waals surface area contributed by atoms with Crippen molar-refractivity contribution in [2.75, 3.05) is 16.8 Å². The Bertz CT molecular complexity index is 986. The fourth-order valence-electron chi connectivity index (χ4n) is 2.70. The molecule has 0 saturated heterocycles. The second-order valence-electron chi connectivity index (χ2n) is 6.31. The van der Waals surface area contributed by atoms with E-state index in [1.165, 1.54) is 24.3 Å². The zero-order valence-corrected chi connectivity index (χ0v) is 17.1. The highest BCUT2D eigenvalue weighted by Gasteiger charge is 2.39. The maximum absolute atomic E-state index is 12.8. The topological polar surface area (TPSA) is 75.7 Å². The predicted molar refractivity (Wildman–Crippen MR) is 112 cm³/mol. The Balaban J connectivity index is 1.76. The first kappa shape index (κ1) is 20.9. The van der Waals surface area contributed by atoms with Crippen molar-refractivity contribution in [1.82, 2.24) is 0 Å². The molecule has 0 unspecified atom stereocenters. The summed E-state index contributed by atoms with van der Waals surface area (Å²) in [6.45, 7) is 2.35. The molecule has 0 spiro atoms. The first-order chi connectivity index (χ1) is 13.9. The number of benzene rings is 2. The monoisotopic (exact) mass is 432 g/mol. The molecule has 2 aromatic rings. The van der Waals surface area contributed by atoms with E-state index in [0.29, 0.717) is 28.6 Å². The Morgan fingerprint density at radius 2 is 1.79 bits per heavy atom. The summed E-state index contributed by atoms with van der Waals surface area (Å²) in [5, 5.41) is 3.10. The zero-order chi connectivity index (χ0) is 21.0. The van der Waals surface area contributed by atoms with Gasteiger partial charge in [0.05, 0.1) is 17.9 Å². The summed E-state index contributed by atoms with van der Waals surface area (Å²) >= 11 is 12.1. The molecule has 0 radical (unpaired) electrons. The van der Waals surface area contributed by atoms with Crippen LogP contribution in [0, 0.1) is 0 Å². The average Bonchev–Trinajstić information content (AvgIpc) is 2.91. The highest BCUT2D eigenvalue weighted by molar-refractivity contribution is 6.53. The van der Waals surface area contributed by atoms with E-state index in [4.69, 9.17) is 27.9 Å². The van der Waals surface area contributed by atoms with Gasteiger partial charge in [-0.05, 0) is 48.9 Å². The van der Waals surface area contributed by atoms with E-state index in [1.54, 1.807) is 24.3 Å². The lowest BCUT2D eigenvalue weighted by Gasteiger charge is -2.15. The predicted octanol–water partition coefficient (Wildman–Crippen LogP) is 4.73. The van der Waals surface area contributed by atoms with Gasteiger partial charge in [0.1, 0.15) is 10.7 Å². The van der Waals surface area contributed by atoms with E-state index >= 15 is 0 Å². The van der Waals surface area contributed by atoms with Gasteiger partial charge in [-0.15, -0.1) is 0 Å². The Kier molecular flexibility index (Phi) is 6.56. The fraction of sp³-hybridized carbons (Fsp3) is 0.190. The van der Waals surface area contributed by atoms with Crippen LogP contribution < -0.4 is 10.2 Å². The van der Waals surface area contributed by atoms with E-state index in [0.717, 1.165) is 17.7 Å². The van der Waals surface area contributed by atoms with Gasteiger partial charge in [-0.25, -0.2) is 9.69 Å². The first-order valence-electron chi connectivity index (χ1n) is 9.00. The Labute approximate surface area is 178 Å². The number of unbranched alkanes of at least 4 members (excludes halogenated alkanes) is 1. The molecule has 150 valence electrons. The number of nitrogens with zero attached hydrogens (tertiary/aromatic N) is 1. The number of halogens is 2. The number of nitrogens with one attached hydrogen (secondary N) is 1. The Morgan fingerprint density at radius 3 is 2.45 bits per heavy atom. The van der Waals surface area contributed by atoms with Gasteiger partial charge >= 0.3 is 5.97 Å². The Morgan fingerprint density at radius 1 is 1.07 bits per heavy atom. The molecule has 1 aliphatic heterocycles. The molecule has 0 saturated carbocycles. The van der Waals surface area contributed by atoms with Crippen molar-refractivity contribution in [3.8, 4) is 0 Å². The first-order valence-corrected chi connectivity index (χ1v) is 9.76. The van der Waals surface area contributed by atoms with E-state index < -0.39 is 17.8 Å². The fourth-order valence-corrected chi connectivity index (χ4v) is 3.10. The molecule has 1 aliphatic rings. The van der Waals surface area contributed by atoms with Crippen molar-refractivity contribution < 1.29 is 19.1 Å². The molecule has 1 N–H and O–H groups in total. The van der Waals surface area contributed by atoms with E-state index in [1.807, 2.05) is 6.92 Å². The molecule has 6 nitrogen and oxygen atoms in total. The Hall–Kier alpha value is -2.83. The van der Waals surface area contributed by atoms with Crippen LogP contribution in [0.4, 0.5) is 11.4 Å². The summed E-state index contributed by atoms with van der Waals surface area (Å²) in [6, 6.07) is 12.7. The normalized spacial score (nSPS) is 13.8. The van der Waals surface area contributed by atoms with Gasteiger partial charge in [0.15, 0.2) is 0 Å². The minimum Gasteiger partial charge on any atom is -0.462 e. The number of ether oxygens (including phenoxy) is 1. The molecule has 1 heterocycles. The summed E-state index contributed by atoms with van der Waals surface area (Å²) in [6.07, 6.45) is 1.71. The molecule has 0 bridgehead atoms. The molecule has 0 fully saturated rings. The zero-order valence-electron chi connectivity index (χ0n) is 15.6. The number of carbonyl (C=O) groups is 3. The second kappa shape index (κ2) is 9.11. The van der Waals surface area contributed by atoms with Crippen LogP contribution in [-0.2, 0) is 14.3 Å². The van der Waals surface area contributed by atoms with Crippen molar-refractivity contribution in [2.24, 2.45) is 0 Å². The average molecular weight is 433 g/mol. The molecule has 3 rings (SSSR count). The van der Waals surface area contributed by atoms with Crippen LogP contribution >= 0.6 is 23.2 Å². The number of amides is 2. The van der Waals surface area contributed by atoms with Gasteiger partial charge in [-0.2, -0.15) is 0 Å². The van der Waals surface area contributed by atoms with Gasteiger partial charge in [0, 0.05) is 10.7 Å². The van der Waals surface area contributed by atoms with Crippen molar-refractivity contribution in [3.05, 3.63) is 69.8 Å². The number of hydrogen-bond donors (Lipinski definition) is 1. The van der Waals surface area contributed by atoms with Gasteiger partial charge in [-0.1, -0.05) is 42.6 Å². The number of hydrogen-bond acceptors (Lipinski definition) is 5. The highest BCUT2D eigenvalue weighted by Crippen LogP contribution is 2.30. The summed E-state index contributed by atoms with van der Waals surface area (Å²) in [4.78, 5) is 38.3. The molecule has 29 heavy (non-hydrogen) atoms. The number of imide groups is 1. The van der Waals surface area contributed by atoms with Crippen molar-refractivity contribution in [3.63, 3.8) is 0 Å². The number of carbonyl (C=O) groups excluding carboxylic acids is 3. The quantitative estimate of drug-likeness (QED) is 0.388. The molecule has 2 amide bonds. The van der Waals surface area contributed by atoms with E-state index in [2.05, 4.69) is 5.32 Å². The minimum atomic E-state index is -0.653. The third-order valence-electron chi connectivity index (χ3n) is 4.21. The lowest BCUT2D eigenvalue weighted by atomic mass is 10.2. The van der Waals surface area contributed by atoms with Crippen molar-refractivity contribution >= 4 is 52.4 Å². The maximum Gasteiger partial charge on any atom is 0.338 e. The molecule has 0 aromatic heterocycles. The SMILES string of the molecule is CCCCOC(=O)c1ccc(N2C(=O)C(Cl)=C(Nc3cccc(Cl)c3)C2=O)cc1. The summed E-state index contributed by atoms with van der Waals surface area (Å²) < 4.78 is 5.15. The third-order valence-corrected chi connectivity index (χ3v) is 4.80. The number of anilines is 2. The van der Waals surface area contributed by atoms with Crippen LogP contribution in [0.15, 0.2) is 59.3 Å². The lowest BCUT2D eigenvalue weighted by Crippen LogP contribution is -2.32. The van der Waals surface area contributed by atoms with Crippen LogP contribution in [0.5, 0.6) is 0 Å². The minimum absolute atomic E-state index is 0.0398. The van der Waals surface area contributed by atoms with Crippen molar-refractivity contribution in [1.29, 1.82) is 0 Å². The van der Waals surface area contributed by atoms with Crippen LogP contribution in [0.25, 0.3) is 0 Å². The van der Waals surface area contributed by atoms with Gasteiger partial charge < -0.3 is 10.1 Å². The molecule has 0 atom stereocenters. The molecule has 8 heteroatoms. The smallest absolute Gasteiger partial charge is 0.338 e. The second-order valence-corrected chi connectivity index (χ2v) is 7.12. The van der Waals surface area contributed by atoms with Crippen LogP contribution in [0.3, 0.4) is 0 Å². The standard InChI is InChI=1S/C21H18Cl2N2O4/c1-2-3-11-29-21(28)13-7-9-16(10-8-13)25-19(26)17(23)18(20(25)27)24-15-6-4-5-14(22)12-15/h4-10,12,24H,2-3,11H2,1H3. The van der Waals surface area contributed by atoms with Crippen LogP contribution in [-0.4, -0.2) is 24.4 Å². The van der Waals surface area contributed by atoms with Gasteiger partial charge in [-0.3, -0.25) is 9.59 Å². The molecule has 0 aliphatic carbocycles. The van der Waals surface area contributed by atoms with Crippen LogP contribution in [0.2, 0.25) is 5.02 Å². The maximum atomic E-state index is 12.8. The lowest BCUT2D eigenvalue weighted by molar-refractivity contribution is -0.120. The van der Waals surface area contributed by atoms with Gasteiger partial charge in [0.25, 0.3) is 11.8 Å². The largest absolute Gasteiger partial charge is 0.462 e. The number of esters is 1. The summed E-state index contributed by atoms with van der Waals surface area (Å²) in [7, 11) is 0. The number of rotatable bonds is 7. The summed E-state index contributed by atoms with van der Waals surface area (Å²) in [5.74, 6) is -1.71. The third kappa shape index (κ3) is 4.60. The van der Waals surface area contributed by atoms with Crippen LogP contribution in [0.1, 0.15) is 30.1 Å². The molecule has 2 aromatic carbocycles. The van der Waals surface area contributed by atoms with Gasteiger partial charge in [0.2, 0.25) is 0 Å². The summed E-state index contributed by atoms with van der Waals surface area (Å²) in [5.41, 5.74) is 1.12. The van der Waals surface area contributed by atoms with E-state index in [-0.39, 0.29) is 10.7 Å². The molecular formula is C21H18Cl2N2O4.